The van der Waals surface area contributed by atoms with Crippen LogP contribution in [-0.4, -0.2) is 5.11 Å². The van der Waals surface area contributed by atoms with Crippen LogP contribution in [0.5, 0.6) is 5.75 Å². The molecule has 0 saturated heterocycles. The minimum absolute atomic E-state index is 0.299. The molecule has 2 heteroatoms. The molecule has 1 N–H and O–H groups in total. The van der Waals surface area contributed by atoms with Crippen molar-refractivity contribution in [3.63, 3.8) is 0 Å². The standard InChI is InChI=1S/C7H8.C6H5BrO/c1-7-5-3-2-4-6-7;7-5-1-3-6(8)4-2-5/h2-6H,1H3;1-4,8H. The Balaban J connectivity index is 0.000000151. The number of rotatable bonds is 0. The van der Waals surface area contributed by atoms with Gasteiger partial charge in [-0.3, -0.25) is 0 Å². The first kappa shape index (κ1) is 11.8. The fraction of sp³-hybridized carbons (Fsp3) is 0.0769. The van der Waals surface area contributed by atoms with Crippen molar-refractivity contribution < 1.29 is 5.11 Å². The van der Waals surface area contributed by atoms with Gasteiger partial charge in [0.1, 0.15) is 5.75 Å². The normalized spacial score (nSPS) is 8.93. The Morgan fingerprint density at radius 2 is 1.40 bits per heavy atom. The average Bonchev–Trinajstić information content (AvgIpc) is 2.25. The van der Waals surface area contributed by atoms with Gasteiger partial charge in [-0.25, -0.2) is 0 Å². The molecule has 0 saturated carbocycles. The number of hydrogen-bond donors (Lipinski definition) is 1. The van der Waals surface area contributed by atoms with Crippen LogP contribution in [-0.2, 0) is 0 Å². The summed E-state index contributed by atoms with van der Waals surface area (Å²) in [6.07, 6.45) is 0. The van der Waals surface area contributed by atoms with Crippen LogP contribution in [0.2, 0.25) is 0 Å². The van der Waals surface area contributed by atoms with Gasteiger partial charge in [-0.05, 0) is 31.2 Å². The lowest BCUT2D eigenvalue weighted by Gasteiger charge is -1.87. The van der Waals surface area contributed by atoms with E-state index in [-0.39, 0.29) is 0 Å². The lowest BCUT2D eigenvalue weighted by Crippen LogP contribution is -1.62. The third kappa shape index (κ3) is 5.23. The maximum Gasteiger partial charge on any atom is 0.115 e. The van der Waals surface area contributed by atoms with Gasteiger partial charge in [0, 0.05) is 4.47 Å². The molecule has 2 aromatic carbocycles. The van der Waals surface area contributed by atoms with Gasteiger partial charge in [-0.15, -0.1) is 0 Å². The van der Waals surface area contributed by atoms with E-state index < -0.39 is 0 Å². The lowest BCUT2D eigenvalue weighted by atomic mass is 10.2. The summed E-state index contributed by atoms with van der Waals surface area (Å²) in [4.78, 5) is 0. The molecule has 0 radical (unpaired) electrons. The molecule has 0 bridgehead atoms. The first-order valence-corrected chi connectivity index (χ1v) is 5.44. The molecular weight excluding hydrogens is 252 g/mol. The van der Waals surface area contributed by atoms with Gasteiger partial charge in [0.2, 0.25) is 0 Å². The number of phenols is 1. The van der Waals surface area contributed by atoms with Crippen LogP contribution in [0.3, 0.4) is 0 Å². The van der Waals surface area contributed by atoms with Crippen LogP contribution in [0.25, 0.3) is 0 Å². The maximum atomic E-state index is 8.74. The number of aryl methyl sites for hydroxylation is 1. The monoisotopic (exact) mass is 264 g/mol. The molecule has 0 atom stereocenters. The summed E-state index contributed by atoms with van der Waals surface area (Å²) < 4.78 is 0.982. The topological polar surface area (TPSA) is 20.2 Å². The third-order valence-electron chi connectivity index (χ3n) is 1.77. The Labute approximate surface area is 98.5 Å². The van der Waals surface area contributed by atoms with Crippen LogP contribution in [0.4, 0.5) is 0 Å². The largest absolute Gasteiger partial charge is 0.508 e. The van der Waals surface area contributed by atoms with E-state index in [2.05, 4.69) is 35.0 Å². The number of phenolic OH excluding ortho intramolecular Hbond substituents is 1. The van der Waals surface area contributed by atoms with Crippen molar-refractivity contribution in [1.29, 1.82) is 0 Å². The smallest absolute Gasteiger partial charge is 0.115 e. The summed E-state index contributed by atoms with van der Waals surface area (Å²) in [6.45, 7) is 2.08. The molecule has 0 amide bonds. The molecule has 2 rings (SSSR count). The van der Waals surface area contributed by atoms with Crippen LogP contribution in [0.1, 0.15) is 5.56 Å². The summed E-state index contributed by atoms with van der Waals surface area (Å²) >= 11 is 3.23. The van der Waals surface area contributed by atoms with Crippen LogP contribution >= 0.6 is 15.9 Å². The van der Waals surface area contributed by atoms with Gasteiger partial charge < -0.3 is 5.11 Å². The zero-order valence-electron chi connectivity index (χ0n) is 8.52. The van der Waals surface area contributed by atoms with Gasteiger partial charge in [0.25, 0.3) is 0 Å². The van der Waals surface area contributed by atoms with E-state index in [1.54, 1.807) is 24.3 Å². The van der Waals surface area contributed by atoms with Gasteiger partial charge in [-0.1, -0.05) is 51.8 Å². The minimum Gasteiger partial charge on any atom is -0.508 e. The number of benzene rings is 2. The molecule has 0 unspecified atom stereocenters. The lowest BCUT2D eigenvalue weighted by molar-refractivity contribution is 0.475. The highest BCUT2D eigenvalue weighted by atomic mass is 79.9. The molecule has 0 fully saturated rings. The highest BCUT2D eigenvalue weighted by molar-refractivity contribution is 9.10. The Kier molecular flexibility index (Phi) is 4.91. The van der Waals surface area contributed by atoms with Crippen molar-refractivity contribution in [3.05, 3.63) is 64.6 Å². The van der Waals surface area contributed by atoms with Crippen molar-refractivity contribution in [2.75, 3.05) is 0 Å². The molecule has 78 valence electrons. The minimum atomic E-state index is 0.299. The van der Waals surface area contributed by atoms with E-state index in [9.17, 15) is 0 Å². The Morgan fingerprint density at radius 1 is 0.867 bits per heavy atom. The molecule has 2 aromatic rings. The van der Waals surface area contributed by atoms with E-state index in [1.807, 2.05) is 18.2 Å². The molecule has 0 aliphatic heterocycles. The predicted octanol–water partition coefficient (Wildman–Crippen LogP) is 4.15. The molecule has 15 heavy (non-hydrogen) atoms. The molecule has 0 heterocycles. The molecule has 0 spiro atoms. The first-order chi connectivity index (χ1) is 7.18. The van der Waals surface area contributed by atoms with Crippen molar-refractivity contribution in [3.8, 4) is 5.75 Å². The Bertz CT molecular complexity index is 360. The van der Waals surface area contributed by atoms with Gasteiger partial charge >= 0.3 is 0 Å². The number of halogens is 1. The second-order valence-electron chi connectivity index (χ2n) is 3.13. The highest BCUT2D eigenvalue weighted by Crippen LogP contribution is 2.13. The van der Waals surface area contributed by atoms with E-state index in [0.29, 0.717) is 5.75 Å². The van der Waals surface area contributed by atoms with E-state index >= 15 is 0 Å². The summed E-state index contributed by atoms with van der Waals surface area (Å²) in [5, 5.41) is 8.74. The summed E-state index contributed by atoms with van der Waals surface area (Å²) in [5.74, 6) is 0.299. The first-order valence-electron chi connectivity index (χ1n) is 4.64. The second kappa shape index (κ2) is 6.25. The van der Waals surface area contributed by atoms with Crippen molar-refractivity contribution in [1.82, 2.24) is 0 Å². The Hall–Kier alpha value is -1.28. The highest BCUT2D eigenvalue weighted by Gasteiger charge is 1.83. The van der Waals surface area contributed by atoms with Crippen LogP contribution in [0, 0.1) is 6.92 Å². The SMILES string of the molecule is Cc1ccccc1.Oc1ccc(Br)cc1. The zero-order chi connectivity index (χ0) is 11.1. The van der Waals surface area contributed by atoms with Crippen molar-refractivity contribution in [2.45, 2.75) is 6.92 Å². The molecule has 0 aliphatic rings. The molecule has 1 nitrogen and oxygen atoms in total. The second-order valence-corrected chi connectivity index (χ2v) is 4.05. The molecule has 0 aromatic heterocycles. The molecular formula is C13H13BrO. The van der Waals surface area contributed by atoms with Crippen molar-refractivity contribution >= 4 is 15.9 Å². The van der Waals surface area contributed by atoms with Crippen LogP contribution in [0.15, 0.2) is 59.1 Å². The average molecular weight is 265 g/mol. The van der Waals surface area contributed by atoms with E-state index in [1.165, 1.54) is 5.56 Å². The third-order valence-corrected chi connectivity index (χ3v) is 2.30. The quantitative estimate of drug-likeness (QED) is 0.758. The van der Waals surface area contributed by atoms with Crippen LogP contribution < -0.4 is 0 Å². The van der Waals surface area contributed by atoms with Crippen molar-refractivity contribution in [2.24, 2.45) is 0 Å². The zero-order valence-corrected chi connectivity index (χ0v) is 10.1. The Morgan fingerprint density at radius 3 is 1.73 bits per heavy atom. The fourth-order valence-electron chi connectivity index (χ4n) is 0.975. The fourth-order valence-corrected chi connectivity index (χ4v) is 1.24. The predicted molar refractivity (Wildman–Crippen MR) is 67.0 cm³/mol. The van der Waals surface area contributed by atoms with Gasteiger partial charge in [0.15, 0.2) is 0 Å². The maximum absolute atomic E-state index is 8.74. The van der Waals surface area contributed by atoms with Gasteiger partial charge in [0.05, 0.1) is 0 Å². The summed E-state index contributed by atoms with van der Waals surface area (Å²) in [5.41, 5.74) is 1.32. The summed E-state index contributed by atoms with van der Waals surface area (Å²) in [6, 6.07) is 17.1. The molecule has 0 aliphatic carbocycles. The van der Waals surface area contributed by atoms with E-state index in [0.717, 1.165) is 4.47 Å². The number of hydrogen-bond acceptors (Lipinski definition) is 1. The van der Waals surface area contributed by atoms with Gasteiger partial charge in [-0.2, -0.15) is 0 Å². The number of aromatic hydroxyl groups is 1. The van der Waals surface area contributed by atoms with E-state index in [4.69, 9.17) is 5.11 Å². The summed E-state index contributed by atoms with van der Waals surface area (Å²) in [7, 11) is 0.